The average molecular weight is 289 g/mol. The summed E-state index contributed by atoms with van der Waals surface area (Å²) in [6.45, 7) is 5.95. The van der Waals surface area contributed by atoms with Gasteiger partial charge in [-0.25, -0.2) is 9.97 Å². The van der Waals surface area contributed by atoms with Gasteiger partial charge < -0.3 is 10.5 Å². The SMILES string of the molecule is Cc1cc(N)nc(SCc2cccc(OC(C)C)c2)n1. The topological polar surface area (TPSA) is 61.0 Å². The lowest BCUT2D eigenvalue weighted by molar-refractivity contribution is 0.242. The Labute approximate surface area is 123 Å². The number of nitrogens with two attached hydrogens (primary N) is 1. The number of thioether (sulfide) groups is 1. The van der Waals surface area contributed by atoms with Crippen LogP contribution in [0.4, 0.5) is 5.82 Å². The van der Waals surface area contributed by atoms with Gasteiger partial charge in [0.2, 0.25) is 0 Å². The Morgan fingerprint density at radius 2 is 2.05 bits per heavy atom. The summed E-state index contributed by atoms with van der Waals surface area (Å²) in [6, 6.07) is 9.85. The summed E-state index contributed by atoms with van der Waals surface area (Å²) in [4.78, 5) is 8.58. The molecule has 4 nitrogen and oxygen atoms in total. The smallest absolute Gasteiger partial charge is 0.190 e. The molecule has 0 aliphatic rings. The molecule has 5 heteroatoms. The molecule has 0 unspecified atom stereocenters. The van der Waals surface area contributed by atoms with Gasteiger partial charge in [-0.1, -0.05) is 23.9 Å². The number of benzene rings is 1. The molecular weight excluding hydrogens is 270 g/mol. The Balaban J connectivity index is 2.03. The van der Waals surface area contributed by atoms with Crippen LogP contribution in [0.1, 0.15) is 25.1 Å². The third kappa shape index (κ3) is 4.42. The van der Waals surface area contributed by atoms with Crippen molar-refractivity contribution < 1.29 is 4.74 Å². The predicted octanol–water partition coefficient (Wildman–Crippen LogP) is 3.45. The van der Waals surface area contributed by atoms with E-state index in [1.54, 1.807) is 17.8 Å². The fourth-order valence-corrected chi connectivity index (χ4v) is 2.61. The Morgan fingerprint density at radius 3 is 2.75 bits per heavy atom. The van der Waals surface area contributed by atoms with Gasteiger partial charge in [-0.2, -0.15) is 0 Å². The number of aromatic nitrogens is 2. The molecule has 1 aromatic heterocycles. The molecular formula is C15H19N3OS. The molecule has 0 aliphatic heterocycles. The number of anilines is 1. The van der Waals surface area contributed by atoms with E-state index < -0.39 is 0 Å². The van der Waals surface area contributed by atoms with Crippen molar-refractivity contribution in [2.24, 2.45) is 0 Å². The van der Waals surface area contributed by atoms with Gasteiger partial charge in [-0.05, 0) is 38.5 Å². The summed E-state index contributed by atoms with van der Waals surface area (Å²) in [5.41, 5.74) is 7.79. The van der Waals surface area contributed by atoms with Crippen LogP contribution in [-0.2, 0) is 5.75 Å². The number of aryl methyl sites for hydroxylation is 1. The van der Waals surface area contributed by atoms with E-state index in [0.717, 1.165) is 17.2 Å². The molecule has 0 spiro atoms. The predicted molar refractivity (Wildman–Crippen MR) is 82.9 cm³/mol. The molecule has 106 valence electrons. The monoisotopic (exact) mass is 289 g/mol. The molecule has 1 aromatic carbocycles. The Morgan fingerprint density at radius 1 is 1.25 bits per heavy atom. The quantitative estimate of drug-likeness (QED) is 0.675. The molecule has 0 fully saturated rings. The molecule has 20 heavy (non-hydrogen) atoms. The standard InChI is InChI=1S/C15H19N3OS/c1-10(2)19-13-6-4-5-12(8-13)9-20-15-17-11(3)7-14(16)18-15/h4-8,10H,9H2,1-3H3,(H2,16,17,18). The van der Waals surface area contributed by atoms with Crippen LogP contribution in [0.5, 0.6) is 5.75 Å². The van der Waals surface area contributed by atoms with Gasteiger partial charge in [0.25, 0.3) is 0 Å². The first-order valence-corrected chi connectivity index (χ1v) is 7.51. The van der Waals surface area contributed by atoms with Crippen LogP contribution in [-0.4, -0.2) is 16.1 Å². The molecule has 0 bridgehead atoms. The number of hydrogen-bond acceptors (Lipinski definition) is 5. The van der Waals surface area contributed by atoms with Crippen LogP contribution < -0.4 is 10.5 Å². The largest absolute Gasteiger partial charge is 0.491 e. The molecule has 0 atom stereocenters. The summed E-state index contributed by atoms with van der Waals surface area (Å²) in [6.07, 6.45) is 0.179. The van der Waals surface area contributed by atoms with Gasteiger partial charge in [0, 0.05) is 17.5 Å². The number of nitrogens with zero attached hydrogens (tertiary/aromatic N) is 2. The van der Waals surface area contributed by atoms with E-state index >= 15 is 0 Å². The zero-order valence-electron chi connectivity index (χ0n) is 12.0. The van der Waals surface area contributed by atoms with Crippen molar-refractivity contribution in [3.8, 4) is 5.75 Å². The van der Waals surface area contributed by atoms with E-state index in [4.69, 9.17) is 10.5 Å². The van der Waals surface area contributed by atoms with Crippen molar-refractivity contribution in [1.82, 2.24) is 9.97 Å². The molecule has 0 aliphatic carbocycles. The lowest BCUT2D eigenvalue weighted by Gasteiger charge is -2.10. The van der Waals surface area contributed by atoms with E-state index in [9.17, 15) is 0 Å². The molecule has 0 saturated heterocycles. The van der Waals surface area contributed by atoms with Crippen molar-refractivity contribution >= 4 is 17.6 Å². The molecule has 2 aromatic rings. The van der Waals surface area contributed by atoms with Gasteiger partial charge in [-0.15, -0.1) is 0 Å². The average Bonchev–Trinajstić information content (AvgIpc) is 2.35. The fourth-order valence-electron chi connectivity index (χ4n) is 1.76. The van der Waals surface area contributed by atoms with E-state index in [0.29, 0.717) is 11.0 Å². The Bertz CT molecular complexity index is 567. The van der Waals surface area contributed by atoms with E-state index in [2.05, 4.69) is 16.0 Å². The lowest BCUT2D eigenvalue weighted by Crippen LogP contribution is -2.05. The number of ether oxygens (including phenoxy) is 1. The minimum Gasteiger partial charge on any atom is -0.491 e. The molecule has 1 heterocycles. The van der Waals surface area contributed by atoms with Gasteiger partial charge in [0.05, 0.1) is 6.10 Å². The summed E-state index contributed by atoms with van der Waals surface area (Å²) >= 11 is 1.57. The second kappa shape index (κ2) is 6.61. The van der Waals surface area contributed by atoms with Crippen LogP contribution in [0.3, 0.4) is 0 Å². The summed E-state index contributed by atoms with van der Waals surface area (Å²) in [5.74, 6) is 2.19. The van der Waals surface area contributed by atoms with E-state index in [1.807, 2.05) is 39.0 Å². The Kier molecular flexibility index (Phi) is 4.84. The van der Waals surface area contributed by atoms with Crippen LogP contribution in [0.15, 0.2) is 35.5 Å². The van der Waals surface area contributed by atoms with Crippen molar-refractivity contribution in [2.45, 2.75) is 37.8 Å². The van der Waals surface area contributed by atoms with Crippen molar-refractivity contribution in [3.05, 3.63) is 41.6 Å². The highest BCUT2D eigenvalue weighted by Gasteiger charge is 2.04. The van der Waals surface area contributed by atoms with E-state index in [-0.39, 0.29) is 6.10 Å². The highest BCUT2D eigenvalue weighted by Crippen LogP contribution is 2.23. The zero-order valence-corrected chi connectivity index (χ0v) is 12.8. The first kappa shape index (κ1) is 14.7. The van der Waals surface area contributed by atoms with Crippen LogP contribution in [0, 0.1) is 6.92 Å². The number of rotatable bonds is 5. The highest BCUT2D eigenvalue weighted by atomic mass is 32.2. The maximum Gasteiger partial charge on any atom is 0.190 e. The Hall–Kier alpha value is -1.75. The fraction of sp³-hybridized carbons (Fsp3) is 0.333. The molecule has 2 rings (SSSR count). The summed E-state index contributed by atoms with van der Waals surface area (Å²) in [7, 11) is 0. The van der Waals surface area contributed by atoms with Crippen molar-refractivity contribution in [1.29, 1.82) is 0 Å². The van der Waals surface area contributed by atoms with Gasteiger partial charge in [0.1, 0.15) is 11.6 Å². The minimum absolute atomic E-state index is 0.179. The van der Waals surface area contributed by atoms with Crippen LogP contribution >= 0.6 is 11.8 Å². The third-order valence-electron chi connectivity index (χ3n) is 2.49. The van der Waals surface area contributed by atoms with Gasteiger partial charge >= 0.3 is 0 Å². The maximum absolute atomic E-state index is 5.72. The first-order valence-electron chi connectivity index (χ1n) is 6.52. The second-order valence-corrected chi connectivity index (χ2v) is 5.76. The summed E-state index contributed by atoms with van der Waals surface area (Å²) < 4.78 is 5.68. The van der Waals surface area contributed by atoms with Crippen LogP contribution in [0.2, 0.25) is 0 Å². The van der Waals surface area contributed by atoms with Crippen molar-refractivity contribution in [3.63, 3.8) is 0 Å². The van der Waals surface area contributed by atoms with Crippen LogP contribution in [0.25, 0.3) is 0 Å². The molecule has 0 radical (unpaired) electrons. The number of nitrogen functional groups attached to an aromatic ring is 1. The lowest BCUT2D eigenvalue weighted by atomic mass is 10.2. The van der Waals surface area contributed by atoms with E-state index in [1.165, 1.54) is 5.56 Å². The van der Waals surface area contributed by atoms with Gasteiger partial charge in [-0.3, -0.25) is 0 Å². The molecule has 0 amide bonds. The summed E-state index contributed by atoms with van der Waals surface area (Å²) in [5, 5.41) is 0.706. The highest BCUT2D eigenvalue weighted by molar-refractivity contribution is 7.98. The molecule has 2 N–H and O–H groups in total. The first-order chi connectivity index (χ1) is 9.52. The van der Waals surface area contributed by atoms with Crippen molar-refractivity contribution in [2.75, 3.05) is 5.73 Å². The maximum atomic E-state index is 5.72. The number of hydrogen-bond donors (Lipinski definition) is 1. The normalized spacial score (nSPS) is 10.8. The van der Waals surface area contributed by atoms with Gasteiger partial charge in [0.15, 0.2) is 5.16 Å². The minimum atomic E-state index is 0.179. The third-order valence-corrected chi connectivity index (χ3v) is 3.41. The second-order valence-electron chi connectivity index (χ2n) is 4.82. The molecule has 0 saturated carbocycles. The zero-order chi connectivity index (χ0) is 14.5.